The van der Waals surface area contributed by atoms with Crippen LogP contribution in [-0.2, 0) is 10.2 Å². The molecule has 2 aromatic carbocycles. The van der Waals surface area contributed by atoms with E-state index < -0.39 is 5.41 Å². The van der Waals surface area contributed by atoms with Crippen molar-refractivity contribution in [1.29, 1.82) is 0 Å². The third kappa shape index (κ3) is 1.74. The number of anilines is 1. The van der Waals surface area contributed by atoms with Crippen LogP contribution in [0.3, 0.4) is 0 Å². The Morgan fingerprint density at radius 2 is 2.00 bits per heavy atom. The van der Waals surface area contributed by atoms with E-state index in [2.05, 4.69) is 16.7 Å². The second-order valence-corrected chi connectivity index (χ2v) is 6.10. The van der Waals surface area contributed by atoms with Crippen LogP contribution < -0.4 is 10.6 Å². The van der Waals surface area contributed by atoms with Crippen LogP contribution in [0.1, 0.15) is 23.6 Å². The van der Waals surface area contributed by atoms with E-state index in [0.29, 0.717) is 5.02 Å². The molecule has 4 heteroatoms. The first kappa shape index (κ1) is 12.9. The van der Waals surface area contributed by atoms with Crippen molar-refractivity contribution in [1.82, 2.24) is 5.32 Å². The van der Waals surface area contributed by atoms with Crippen molar-refractivity contribution >= 4 is 23.2 Å². The summed E-state index contributed by atoms with van der Waals surface area (Å²) >= 11 is 6.13. The Morgan fingerprint density at radius 1 is 1.14 bits per heavy atom. The molecule has 1 fully saturated rings. The molecule has 0 aromatic heterocycles. The lowest BCUT2D eigenvalue weighted by Gasteiger charge is -2.29. The van der Waals surface area contributed by atoms with Crippen LogP contribution >= 0.6 is 11.6 Å². The maximum Gasteiger partial charge on any atom is 0.237 e. The maximum absolute atomic E-state index is 12.7. The number of benzene rings is 2. The number of carbonyl (C=O) groups excluding carboxylic acids is 1. The minimum absolute atomic E-state index is 0.0418. The Balaban J connectivity index is 1.89. The van der Waals surface area contributed by atoms with Gasteiger partial charge in [-0.05, 0) is 42.3 Å². The van der Waals surface area contributed by atoms with Crippen LogP contribution in [0.15, 0.2) is 48.5 Å². The van der Waals surface area contributed by atoms with Gasteiger partial charge in [-0.25, -0.2) is 0 Å². The number of nitrogens with one attached hydrogen (secondary N) is 2. The number of rotatable bonds is 1. The topological polar surface area (TPSA) is 41.1 Å². The molecule has 2 aromatic rings. The summed E-state index contributed by atoms with van der Waals surface area (Å²) in [6.07, 6.45) is 0.799. The summed E-state index contributed by atoms with van der Waals surface area (Å²) in [7, 11) is 0. The molecule has 21 heavy (non-hydrogen) atoms. The molecule has 106 valence electrons. The summed E-state index contributed by atoms with van der Waals surface area (Å²) in [5.41, 5.74) is 2.55. The molecule has 4 rings (SSSR count). The number of amides is 1. The first-order valence-corrected chi connectivity index (χ1v) is 7.49. The predicted molar refractivity (Wildman–Crippen MR) is 83.6 cm³/mol. The highest BCUT2D eigenvalue weighted by Crippen LogP contribution is 2.50. The smallest absolute Gasteiger partial charge is 0.237 e. The minimum atomic E-state index is -0.527. The molecule has 0 aliphatic carbocycles. The van der Waals surface area contributed by atoms with Gasteiger partial charge in [0, 0.05) is 10.7 Å². The van der Waals surface area contributed by atoms with Gasteiger partial charge >= 0.3 is 0 Å². The van der Waals surface area contributed by atoms with Crippen molar-refractivity contribution in [2.75, 3.05) is 11.9 Å². The zero-order chi connectivity index (χ0) is 14.4. The average molecular weight is 299 g/mol. The van der Waals surface area contributed by atoms with Crippen molar-refractivity contribution in [2.45, 2.75) is 17.9 Å². The van der Waals surface area contributed by atoms with Crippen molar-refractivity contribution < 1.29 is 4.79 Å². The van der Waals surface area contributed by atoms with Gasteiger partial charge < -0.3 is 10.6 Å². The molecule has 2 atom stereocenters. The number of hydrogen-bond acceptors (Lipinski definition) is 2. The lowest BCUT2D eigenvalue weighted by molar-refractivity contribution is -0.121. The molecule has 2 N–H and O–H groups in total. The van der Waals surface area contributed by atoms with E-state index >= 15 is 0 Å². The highest BCUT2D eigenvalue weighted by molar-refractivity contribution is 6.30. The number of halogens is 1. The molecular formula is C17H15ClN2O. The van der Waals surface area contributed by atoms with Gasteiger partial charge in [0.15, 0.2) is 0 Å². The minimum Gasteiger partial charge on any atom is -0.325 e. The first-order chi connectivity index (χ1) is 10.2. The van der Waals surface area contributed by atoms with E-state index in [1.165, 1.54) is 0 Å². The van der Waals surface area contributed by atoms with Gasteiger partial charge in [0.2, 0.25) is 5.91 Å². The van der Waals surface area contributed by atoms with Crippen LogP contribution in [-0.4, -0.2) is 12.5 Å². The molecule has 0 radical (unpaired) electrons. The summed E-state index contributed by atoms with van der Waals surface area (Å²) < 4.78 is 0. The summed E-state index contributed by atoms with van der Waals surface area (Å²) in [6, 6.07) is 15.7. The van der Waals surface area contributed by atoms with Gasteiger partial charge in [-0.3, -0.25) is 4.79 Å². The number of para-hydroxylation sites is 1. The number of fused-ring (bicyclic) bond motifs is 2. The summed E-state index contributed by atoms with van der Waals surface area (Å²) in [5.74, 6) is 0.0821. The summed E-state index contributed by atoms with van der Waals surface area (Å²) in [4.78, 5) is 12.7. The molecule has 2 aliphatic rings. The Hall–Kier alpha value is -1.84. The fourth-order valence-corrected chi connectivity index (χ4v) is 3.89. The van der Waals surface area contributed by atoms with Crippen LogP contribution in [0.5, 0.6) is 0 Å². The van der Waals surface area contributed by atoms with E-state index in [1.54, 1.807) is 0 Å². The zero-order valence-electron chi connectivity index (χ0n) is 11.4. The average Bonchev–Trinajstić information content (AvgIpc) is 3.04. The Bertz CT molecular complexity index is 730. The van der Waals surface area contributed by atoms with Crippen molar-refractivity contribution in [2.24, 2.45) is 0 Å². The molecule has 3 nitrogen and oxygen atoms in total. The molecule has 0 bridgehead atoms. The molecular weight excluding hydrogens is 284 g/mol. The number of hydrogen-bond donors (Lipinski definition) is 2. The zero-order valence-corrected chi connectivity index (χ0v) is 12.2. The molecule has 0 saturated carbocycles. The number of carbonyl (C=O) groups is 1. The van der Waals surface area contributed by atoms with Crippen molar-refractivity contribution in [3.8, 4) is 0 Å². The second kappa shape index (κ2) is 4.58. The normalized spacial score (nSPS) is 26.9. The first-order valence-electron chi connectivity index (χ1n) is 7.11. The molecule has 1 saturated heterocycles. The third-order valence-corrected chi connectivity index (χ3v) is 4.84. The van der Waals surface area contributed by atoms with E-state index in [0.717, 1.165) is 29.8 Å². The Labute approximate surface area is 128 Å². The Morgan fingerprint density at radius 3 is 2.86 bits per heavy atom. The van der Waals surface area contributed by atoms with E-state index in [1.807, 2.05) is 42.5 Å². The highest BCUT2D eigenvalue weighted by atomic mass is 35.5. The standard InChI is InChI=1S/C17H15ClN2O/c18-12-5-3-4-11(10-12)15-17(8-9-19-15)13-6-1-2-7-14(13)20-16(17)21/h1-7,10,15,19H,8-9H2,(H,20,21)/t15-,17-/m0/s1. The largest absolute Gasteiger partial charge is 0.325 e. The molecule has 0 unspecified atom stereocenters. The lowest BCUT2D eigenvalue weighted by Crippen LogP contribution is -2.39. The van der Waals surface area contributed by atoms with Crippen LogP contribution in [0.4, 0.5) is 5.69 Å². The van der Waals surface area contributed by atoms with Crippen LogP contribution in [0.2, 0.25) is 5.02 Å². The highest BCUT2D eigenvalue weighted by Gasteiger charge is 2.55. The third-order valence-electron chi connectivity index (χ3n) is 4.60. The fraction of sp³-hybridized carbons (Fsp3) is 0.235. The molecule has 2 aliphatic heterocycles. The van der Waals surface area contributed by atoms with Crippen LogP contribution in [0, 0.1) is 0 Å². The lowest BCUT2D eigenvalue weighted by atomic mass is 9.73. The van der Waals surface area contributed by atoms with E-state index in [9.17, 15) is 4.79 Å². The fourth-order valence-electron chi connectivity index (χ4n) is 3.69. The van der Waals surface area contributed by atoms with Gasteiger partial charge in [0.1, 0.15) is 0 Å². The van der Waals surface area contributed by atoms with Crippen molar-refractivity contribution in [3.63, 3.8) is 0 Å². The molecule has 2 heterocycles. The van der Waals surface area contributed by atoms with Gasteiger partial charge in [0.05, 0.1) is 11.5 Å². The van der Waals surface area contributed by atoms with Crippen molar-refractivity contribution in [3.05, 3.63) is 64.7 Å². The van der Waals surface area contributed by atoms with Gasteiger partial charge in [0.25, 0.3) is 0 Å². The van der Waals surface area contributed by atoms with Gasteiger partial charge in [-0.15, -0.1) is 0 Å². The maximum atomic E-state index is 12.7. The second-order valence-electron chi connectivity index (χ2n) is 5.66. The summed E-state index contributed by atoms with van der Waals surface area (Å²) in [6.45, 7) is 0.818. The predicted octanol–water partition coefficient (Wildman–Crippen LogP) is 3.26. The van der Waals surface area contributed by atoms with Gasteiger partial charge in [-0.1, -0.05) is 41.9 Å². The van der Waals surface area contributed by atoms with Crippen LogP contribution in [0.25, 0.3) is 0 Å². The van der Waals surface area contributed by atoms with E-state index in [-0.39, 0.29) is 11.9 Å². The summed E-state index contributed by atoms with van der Waals surface area (Å²) in [5, 5.41) is 7.21. The quantitative estimate of drug-likeness (QED) is 0.848. The SMILES string of the molecule is O=C1Nc2ccccc2[C@]12CCN[C@H]2c1cccc(Cl)c1. The Kier molecular flexibility index (Phi) is 2.81. The molecule has 1 spiro atoms. The monoisotopic (exact) mass is 298 g/mol. The van der Waals surface area contributed by atoms with E-state index in [4.69, 9.17) is 11.6 Å². The van der Waals surface area contributed by atoms with Gasteiger partial charge in [-0.2, -0.15) is 0 Å². The molecule has 1 amide bonds.